The molecule has 0 radical (unpaired) electrons. The molecule has 1 aromatic rings. The Labute approximate surface area is 122 Å². The van der Waals surface area contributed by atoms with Gasteiger partial charge in [0.05, 0.1) is 0 Å². The highest BCUT2D eigenvalue weighted by Crippen LogP contribution is 2.12. The number of aliphatic imine (C=N–C) groups is 1. The molecule has 9 heteroatoms. The Hall–Kier alpha value is -2.13. The molecular formula is C12H21N5O4. The van der Waals surface area contributed by atoms with Gasteiger partial charge in [-0.1, -0.05) is 0 Å². The molecule has 1 rings (SSSR count). The van der Waals surface area contributed by atoms with Crippen LogP contribution in [0.5, 0.6) is 5.88 Å². The lowest BCUT2D eigenvalue weighted by Gasteiger charge is -2.17. The number of ether oxygens (including phenoxy) is 2. The molecule has 9 nitrogen and oxygen atoms in total. The molecule has 0 atom stereocenters. The number of aryl methyl sites for hydroxylation is 1. The monoisotopic (exact) mass is 299 g/mol. The molecule has 1 heterocycles. The second kappa shape index (κ2) is 7.04. The van der Waals surface area contributed by atoms with Crippen LogP contribution in [0.2, 0.25) is 0 Å². The van der Waals surface area contributed by atoms with E-state index < -0.39 is 11.7 Å². The maximum absolute atomic E-state index is 11.6. The molecule has 0 bridgehead atoms. The maximum Gasteiger partial charge on any atom is 0.436 e. The van der Waals surface area contributed by atoms with E-state index in [1.54, 1.807) is 33.9 Å². The fraction of sp³-hybridized carbons (Fsp3) is 0.583. The van der Waals surface area contributed by atoms with E-state index in [9.17, 15) is 4.79 Å². The zero-order valence-corrected chi connectivity index (χ0v) is 12.6. The van der Waals surface area contributed by atoms with Crippen LogP contribution < -0.4 is 16.4 Å². The first-order valence-electron chi connectivity index (χ1n) is 6.29. The number of carbonyl (C=O) groups is 1. The Morgan fingerprint density at radius 1 is 1.43 bits per heavy atom. The summed E-state index contributed by atoms with van der Waals surface area (Å²) in [6.07, 6.45) is -0.764. The van der Waals surface area contributed by atoms with Gasteiger partial charge in [0.25, 0.3) is 0 Å². The van der Waals surface area contributed by atoms with E-state index in [0.29, 0.717) is 11.6 Å². The van der Waals surface area contributed by atoms with Crippen LogP contribution >= 0.6 is 0 Å². The van der Waals surface area contributed by atoms with Crippen molar-refractivity contribution in [1.82, 2.24) is 9.78 Å². The van der Waals surface area contributed by atoms with Crippen LogP contribution in [-0.4, -0.2) is 40.5 Å². The van der Waals surface area contributed by atoms with Gasteiger partial charge in [0.1, 0.15) is 24.5 Å². The lowest BCUT2D eigenvalue weighted by molar-refractivity contribution is 0.0604. The van der Waals surface area contributed by atoms with Crippen molar-refractivity contribution < 1.29 is 19.1 Å². The topological polar surface area (TPSA) is 127 Å². The number of nitrogens with two attached hydrogens (primary N) is 2. The summed E-state index contributed by atoms with van der Waals surface area (Å²) in [7, 11) is 1.65. The minimum atomic E-state index is -0.764. The predicted octanol–water partition coefficient (Wildman–Crippen LogP) is 0.330. The van der Waals surface area contributed by atoms with E-state index in [-0.39, 0.29) is 19.0 Å². The number of rotatable bonds is 5. The van der Waals surface area contributed by atoms with Gasteiger partial charge in [-0.15, -0.1) is 5.10 Å². The first kappa shape index (κ1) is 16.9. The number of carbonyl (C=O) groups excluding carboxylic acids is 1. The van der Waals surface area contributed by atoms with E-state index in [0.717, 1.165) is 0 Å². The molecule has 1 amide bonds. The summed E-state index contributed by atoms with van der Waals surface area (Å²) in [5.41, 5.74) is 5.57. The normalized spacial score (nSPS) is 12.3. The Morgan fingerprint density at radius 2 is 2.10 bits per heavy atom. The number of amides is 1. The molecule has 1 aromatic heterocycles. The molecule has 0 aromatic carbocycles. The van der Waals surface area contributed by atoms with Gasteiger partial charge in [-0.2, -0.15) is 4.99 Å². The number of nitrogens with zero attached hydrogens (tertiary/aromatic N) is 3. The number of amidine groups is 1. The van der Waals surface area contributed by atoms with Crippen molar-refractivity contribution in [2.24, 2.45) is 23.7 Å². The third kappa shape index (κ3) is 5.79. The molecule has 0 saturated heterocycles. The SMILES string of the molecule is Cn1nc(OCCON)cc1C(N)=NC(=O)OC(C)(C)C. The van der Waals surface area contributed by atoms with Gasteiger partial charge >= 0.3 is 6.09 Å². The van der Waals surface area contributed by atoms with E-state index in [4.69, 9.17) is 21.1 Å². The lowest BCUT2D eigenvalue weighted by atomic mass is 10.2. The standard InChI is InChI=1S/C12H21N5O4/c1-12(2,3)21-11(18)15-10(13)8-7-9(16-17(8)4)19-5-6-20-14/h7H,5-6,14H2,1-4H3,(H2,13,15,18). The summed E-state index contributed by atoms with van der Waals surface area (Å²) < 4.78 is 11.8. The van der Waals surface area contributed by atoms with Gasteiger partial charge in [0.2, 0.25) is 5.88 Å². The van der Waals surface area contributed by atoms with Crippen LogP contribution in [0.15, 0.2) is 11.1 Å². The first-order valence-corrected chi connectivity index (χ1v) is 6.29. The summed E-state index contributed by atoms with van der Waals surface area (Å²) >= 11 is 0. The zero-order valence-electron chi connectivity index (χ0n) is 12.6. The van der Waals surface area contributed by atoms with E-state index >= 15 is 0 Å². The summed E-state index contributed by atoms with van der Waals surface area (Å²) in [5, 5.41) is 4.07. The van der Waals surface area contributed by atoms with Crippen LogP contribution in [0.25, 0.3) is 0 Å². The minimum Gasteiger partial charge on any atom is -0.474 e. The summed E-state index contributed by atoms with van der Waals surface area (Å²) in [6.45, 7) is 5.70. The van der Waals surface area contributed by atoms with Crippen molar-refractivity contribution in [3.05, 3.63) is 11.8 Å². The largest absolute Gasteiger partial charge is 0.474 e. The minimum absolute atomic E-state index is 0.0100. The van der Waals surface area contributed by atoms with Crippen molar-refractivity contribution in [2.75, 3.05) is 13.2 Å². The molecule has 0 aliphatic heterocycles. The Bertz CT molecular complexity index is 518. The van der Waals surface area contributed by atoms with Crippen LogP contribution in [0.4, 0.5) is 4.79 Å². The van der Waals surface area contributed by atoms with Gasteiger partial charge in [0, 0.05) is 13.1 Å². The third-order valence-electron chi connectivity index (χ3n) is 2.18. The van der Waals surface area contributed by atoms with E-state index in [1.807, 2.05) is 0 Å². The quantitative estimate of drug-likeness (QED) is 0.347. The maximum atomic E-state index is 11.6. The second-order valence-corrected chi connectivity index (χ2v) is 5.19. The number of hydrogen-bond donors (Lipinski definition) is 2. The molecule has 118 valence electrons. The smallest absolute Gasteiger partial charge is 0.436 e. The molecule has 0 fully saturated rings. The van der Waals surface area contributed by atoms with Gasteiger partial charge in [-0.25, -0.2) is 10.7 Å². The van der Waals surface area contributed by atoms with Crippen molar-refractivity contribution in [3.8, 4) is 5.88 Å². The highest BCUT2D eigenvalue weighted by molar-refractivity contribution is 6.01. The molecule has 0 unspecified atom stereocenters. The third-order valence-corrected chi connectivity index (χ3v) is 2.18. The van der Waals surface area contributed by atoms with Gasteiger partial charge in [-0.3, -0.25) is 4.68 Å². The van der Waals surface area contributed by atoms with Gasteiger partial charge < -0.3 is 20.0 Å². The fourth-order valence-corrected chi connectivity index (χ4v) is 1.39. The Balaban J connectivity index is 2.77. The Kier molecular flexibility index (Phi) is 5.68. The Morgan fingerprint density at radius 3 is 2.67 bits per heavy atom. The zero-order chi connectivity index (χ0) is 16.0. The van der Waals surface area contributed by atoms with Crippen molar-refractivity contribution in [3.63, 3.8) is 0 Å². The molecule has 0 aliphatic rings. The lowest BCUT2D eigenvalue weighted by Crippen LogP contribution is -2.25. The first-order chi connectivity index (χ1) is 9.73. The molecule has 0 spiro atoms. The van der Waals surface area contributed by atoms with E-state index in [2.05, 4.69) is 14.9 Å². The molecule has 21 heavy (non-hydrogen) atoms. The highest BCUT2D eigenvalue weighted by Gasteiger charge is 2.17. The average Bonchev–Trinajstić information content (AvgIpc) is 2.68. The van der Waals surface area contributed by atoms with Crippen LogP contribution in [0.1, 0.15) is 26.5 Å². The molecule has 4 N–H and O–H groups in total. The van der Waals surface area contributed by atoms with Crippen LogP contribution in [0.3, 0.4) is 0 Å². The van der Waals surface area contributed by atoms with E-state index in [1.165, 1.54) is 4.68 Å². The number of hydrogen-bond acceptors (Lipinski definition) is 6. The summed E-state index contributed by atoms with van der Waals surface area (Å²) in [4.78, 5) is 19.6. The average molecular weight is 299 g/mol. The summed E-state index contributed by atoms with van der Waals surface area (Å²) in [5.74, 6) is 5.20. The molecule has 0 aliphatic carbocycles. The molecular weight excluding hydrogens is 278 g/mol. The van der Waals surface area contributed by atoms with Crippen LogP contribution in [0, 0.1) is 0 Å². The van der Waals surface area contributed by atoms with Crippen LogP contribution in [-0.2, 0) is 16.6 Å². The van der Waals surface area contributed by atoms with Crippen molar-refractivity contribution >= 4 is 11.9 Å². The van der Waals surface area contributed by atoms with Crippen molar-refractivity contribution in [1.29, 1.82) is 0 Å². The van der Waals surface area contributed by atoms with Crippen molar-refractivity contribution in [2.45, 2.75) is 26.4 Å². The van der Waals surface area contributed by atoms with Gasteiger partial charge in [-0.05, 0) is 20.8 Å². The fourth-order valence-electron chi connectivity index (χ4n) is 1.39. The second-order valence-electron chi connectivity index (χ2n) is 5.19. The predicted molar refractivity (Wildman–Crippen MR) is 75.8 cm³/mol. The van der Waals surface area contributed by atoms with Gasteiger partial charge in [0.15, 0.2) is 5.84 Å². The molecule has 0 saturated carbocycles. The highest BCUT2D eigenvalue weighted by atomic mass is 16.6. The summed E-state index contributed by atoms with van der Waals surface area (Å²) in [6, 6.07) is 1.56. The number of aromatic nitrogens is 2.